The Morgan fingerprint density at radius 3 is 2.34 bits per heavy atom. The fourth-order valence-electron chi connectivity index (χ4n) is 18.6. The first-order chi connectivity index (χ1) is 64.2. The summed E-state index contributed by atoms with van der Waals surface area (Å²) in [6.07, 6.45) is 13.7. The predicted octanol–water partition coefficient (Wildman–Crippen LogP) is 6.71. The standard InChI is InChI=1S/C96H136N20O18/c1-13-14-15-18-57(4)77(128-11)43-70-25-20-61(8)96(127,134-70)87(123)91(125)115-31-17-16-19-73(115)92(126)132-78(71(97)40-62-22-26-74(117)79(41-62)129-12)44-75(118)58(5)38-60(7)85(121)86(122)83(59(6)37-56(2)3)110-131-54-80(119)101-45-64-46-102-94(103-47-64)113-33-34-114(69(53-113)52-111(9)10)95-104-48-68(49-105-95)90(124)100-30-36-130-35-29-81(120)112-32-28-65-39-63(21-23-67(65)51-112)50-116-89-82(88(98)106-55-107-89)84(109-116)66-24-27-76-72(42-66)108-93(99)133-76/h14-15,18,21,23-24,27,38-39,42,46-49,55-56,58-59,61-62,69-71,73-75,77-79,85-86,117-118,121-122,127H,13,16-17,19-20,22,25-26,28-37,40-41,43-45,50-54,97H2,1-12H3,(H2,99,108)(H,100,124)(H,101,119)(H2,98,106,107)/b15-14+,57-18+,60-38+,110-83+/t58-,59-,61-,62+,69-,70+,71-,73+,74-,75-,77+,78+,79-,85-,86+,96-/m1/s1. The van der Waals surface area contributed by atoms with Crippen LogP contribution in [0, 0.1) is 29.6 Å². The van der Waals surface area contributed by atoms with E-state index in [4.69, 9.17) is 55.2 Å². The molecule has 0 bridgehead atoms. The van der Waals surface area contributed by atoms with Gasteiger partial charge in [-0.2, -0.15) is 10.1 Å². The van der Waals surface area contributed by atoms with Crippen LogP contribution in [-0.4, -0.2) is 293 Å². The zero-order valence-corrected chi connectivity index (χ0v) is 79.2. The Morgan fingerprint density at radius 2 is 1.60 bits per heavy atom. The number of methoxy groups -OCH3 is 2. The SMILES string of the molecule is CC/C=C/C=C(\C)[C@H](C[C@@H]1CC[C@@H](C)[C@](O)(C(=O)C(=O)N2CCCC[C@H]2C(=O)O[C@@H](C[C@@H](O)[C@H](C)/C=C(\C)[C@@H](O)[C@@H](O)/C(=N/OCC(=O)NCc2cnc(N3CCN(c4ncc(C(=O)NCCOCCC(=O)N5CCc6cc(Cn7nc(-c8ccc9oc(N)nc9c8)c8c(N)ncnc87)ccc6C5)cn4)[C@H](CN(C)C)C3)nc2)[C@H](C)CC(C)C)[C@H](N)C[C@@H]2CC[C@@H](O)[C@H](OC)C2)O1)OC. The number of likely N-dealkylation sites (tertiary alicyclic amines) is 1. The van der Waals surface area contributed by atoms with Gasteiger partial charge in [-0.3, -0.25) is 24.0 Å². The van der Waals surface area contributed by atoms with Crippen molar-refractivity contribution in [1.82, 2.24) is 70.0 Å². The van der Waals surface area contributed by atoms with E-state index in [9.17, 15) is 54.3 Å². The van der Waals surface area contributed by atoms with Crippen molar-refractivity contribution in [1.29, 1.82) is 0 Å². The summed E-state index contributed by atoms with van der Waals surface area (Å²) in [6.45, 7) is 18.5. The molecule has 9 heterocycles. The van der Waals surface area contributed by atoms with Crippen molar-refractivity contribution in [2.24, 2.45) is 40.5 Å². The Hall–Kier alpha value is -10.9. The number of piperazine rings is 1. The number of piperidine rings is 1. The quantitative estimate of drug-likeness (QED) is 0.00361. The molecule has 3 saturated heterocycles. The average Bonchev–Trinajstić information content (AvgIpc) is 1.59. The number of Topliss-reactive ketones (excluding diaryl/α,β-unsaturated/α-hetero) is 1. The van der Waals surface area contributed by atoms with Gasteiger partial charge in [0.2, 0.25) is 23.6 Å². The molecule has 13 N–H and O–H groups in total. The van der Waals surface area contributed by atoms with Gasteiger partial charge in [-0.25, -0.2) is 39.4 Å². The molecular weight excluding hydrogens is 1720 g/mol. The molecule has 0 radical (unpaired) electrons. The third-order valence-electron chi connectivity index (χ3n) is 26.3. The van der Waals surface area contributed by atoms with Crippen molar-refractivity contribution in [3.63, 3.8) is 0 Å². The number of carbonyl (C=O) groups is 6. The molecule has 38 heteroatoms. The maximum Gasteiger partial charge on any atom is 0.329 e. The monoisotopic (exact) mass is 1860 g/mol. The average molecular weight is 1860 g/mol. The Labute approximate surface area is 782 Å². The van der Waals surface area contributed by atoms with E-state index in [2.05, 4.69) is 77.5 Å². The number of ketones is 1. The molecule has 4 amide bonds. The van der Waals surface area contributed by atoms with Crippen molar-refractivity contribution < 1.29 is 87.2 Å². The van der Waals surface area contributed by atoms with Crippen molar-refractivity contribution in [2.75, 3.05) is 115 Å². The number of carbonyl (C=O) groups excluding carboxylic acids is 6. The number of oxazole rings is 1. The molecule has 728 valence electrons. The van der Waals surface area contributed by atoms with E-state index >= 15 is 0 Å². The number of oxime groups is 1. The number of likely N-dealkylation sites (N-methyl/N-ethyl adjacent to an activating group) is 1. The first kappa shape index (κ1) is 102. The summed E-state index contributed by atoms with van der Waals surface area (Å²) in [5.41, 5.74) is 27.7. The lowest BCUT2D eigenvalue weighted by molar-refractivity contribution is -0.265. The molecule has 5 aromatic heterocycles. The van der Waals surface area contributed by atoms with E-state index in [1.165, 1.54) is 25.8 Å². The zero-order valence-electron chi connectivity index (χ0n) is 79.2. The van der Waals surface area contributed by atoms with E-state index < -0.39 is 109 Å². The number of nitrogen functional groups attached to an aromatic ring is 2. The Balaban J connectivity index is 0.583. The molecule has 0 unspecified atom stereocenters. The number of aliphatic hydroxyl groups is 5. The summed E-state index contributed by atoms with van der Waals surface area (Å²) in [5, 5.41) is 74.2. The maximum atomic E-state index is 14.7. The van der Waals surface area contributed by atoms with Crippen molar-refractivity contribution in [2.45, 2.75) is 244 Å². The van der Waals surface area contributed by atoms with Crippen LogP contribution >= 0.6 is 0 Å². The number of nitrogens with one attached hydrogen (secondary N) is 2. The molecule has 1 aliphatic carbocycles. The second-order valence-corrected chi connectivity index (χ2v) is 37.1. The summed E-state index contributed by atoms with van der Waals surface area (Å²) in [6, 6.07) is 9.60. The van der Waals surface area contributed by atoms with Gasteiger partial charge in [0.05, 0.1) is 79.4 Å². The number of benzene rings is 2. The number of aromatic nitrogens is 9. The number of anilines is 4. The van der Waals surface area contributed by atoms with Crippen molar-refractivity contribution in [3.8, 4) is 11.3 Å². The fourth-order valence-corrected chi connectivity index (χ4v) is 18.6. The van der Waals surface area contributed by atoms with Gasteiger partial charge >= 0.3 is 5.97 Å². The van der Waals surface area contributed by atoms with Gasteiger partial charge in [-0.05, 0) is 163 Å². The van der Waals surface area contributed by atoms with Gasteiger partial charge in [0.25, 0.3) is 29.5 Å². The van der Waals surface area contributed by atoms with Gasteiger partial charge in [0, 0.05) is 146 Å². The minimum absolute atomic E-state index is 0.0222. The number of amides is 4. The third-order valence-corrected chi connectivity index (χ3v) is 26.3. The maximum absolute atomic E-state index is 14.7. The molecule has 12 rings (SSSR count). The van der Waals surface area contributed by atoms with Crippen LogP contribution in [0.4, 0.5) is 23.7 Å². The number of aliphatic hydroxyl groups excluding tert-OH is 4. The largest absolute Gasteiger partial charge is 0.459 e. The third kappa shape index (κ3) is 26.2. The number of allylic oxidation sites excluding steroid dienone is 3. The molecule has 0 spiro atoms. The van der Waals surface area contributed by atoms with E-state index in [1.54, 1.807) is 52.4 Å². The highest BCUT2D eigenvalue weighted by atomic mass is 16.6. The normalized spacial score (nSPS) is 22.4. The lowest BCUT2D eigenvalue weighted by atomic mass is 9.80. The highest BCUT2D eigenvalue weighted by molar-refractivity contribution is 6.39. The molecule has 1 saturated carbocycles. The van der Waals surface area contributed by atoms with Gasteiger partial charge < -0.3 is 111 Å². The highest BCUT2D eigenvalue weighted by Gasteiger charge is 2.53. The number of nitrogens with zero attached hydrogens (tertiary/aromatic N) is 15. The van der Waals surface area contributed by atoms with Crippen molar-refractivity contribution in [3.05, 3.63) is 131 Å². The number of rotatable bonds is 43. The number of hydrogen-bond donors (Lipinski definition) is 10. The molecule has 7 aromatic rings. The van der Waals surface area contributed by atoms with Crippen molar-refractivity contribution >= 4 is 87.0 Å². The molecular formula is C96H136N20O18. The Morgan fingerprint density at radius 1 is 0.828 bits per heavy atom. The fraction of sp³-hybridized carbons (Fsp3) is 0.594. The number of fused-ring (bicyclic) bond motifs is 3. The van der Waals surface area contributed by atoms with Crippen LogP contribution in [0.15, 0.2) is 113 Å². The summed E-state index contributed by atoms with van der Waals surface area (Å²) in [7, 11) is 7.06. The molecule has 38 nitrogen and oxygen atoms in total. The van der Waals surface area contributed by atoms with E-state index in [-0.39, 0.29) is 111 Å². The van der Waals surface area contributed by atoms with Crippen LogP contribution in [-0.2, 0) is 78.5 Å². The number of esters is 1. The molecule has 16 atom stereocenters. The molecule has 134 heavy (non-hydrogen) atoms. The Bertz CT molecular complexity index is 5260. The molecule has 5 aliphatic rings. The van der Waals surface area contributed by atoms with Crippen LogP contribution in [0.1, 0.15) is 178 Å². The summed E-state index contributed by atoms with van der Waals surface area (Å²) >= 11 is 0. The van der Waals surface area contributed by atoms with E-state index in [1.807, 2.05) is 94.7 Å². The van der Waals surface area contributed by atoms with Crippen LogP contribution in [0.2, 0.25) is 0 Å². The minimum Gasteiger partial charge on any atom is -0.459 e. The smallest absolute Gasteiger partial charge is 0.329 e. The van der Waals surface area contributed by atoms with Crippen LogP contribution in [0.25, 0.3) is 33.4 Å². The number of nitrogens with two attached hydrogens (primary N) is 3. The first-order valence-corrected chi connectivity index (χ1v) is 46.9. The lowest BCUT2D eigenvalue weighted by Gasteiger charge is -2.42. The zero-order chi connectivity index (χ0) is 96.2. The highest BCUT2D eigenvalue weighted by Crippen LogP contribution is 2.40. The lowest BCUT2D eigenvalue weighted by Crippen LogP contribution is -2.61. The summed E-state index contributed by atoms with van der Waals surface area (Å²) in [5.74, 6) is -7.13. The topological polar surface area (TPSA) is 511 Å². The molecule has 4 aliphatic heterocycles. The predicted molar refractivity (Wildman–Crippen MR) is 503 cm³/mol. The molecule has 4 fully saturated rings. The molecule has 2 aromatic carbocycles. The Kier molecular flexibility index (Phi) is 36.2. The van der Waals surface area contributed by atoms with Crippen LogP contribution in [0.5, 0.6) is 0 Å². The van der Waals surface area contributed by atoms with E-state index in [0.717, 1.165) is 39.1 Å². The first-order valence-electron chi connectivity index (χ1n) is 46.9. The number of hydrogen-bond acceptors (Lipinski definition) is 33. The van der Waals surface area contributed by atoms with Crippen LogP contribution < -0.4 is 37.6 Å². The van der Waals surface area contributed by atoms with Gasteiger partial charge in [0.1, 0.15) is 47.7 Å². The van der Waals surface area contributed by atoms with Crippen LogP contribution in [0.3, 0.4) is 0 Å². The minimum atomic E-state index is -2.49. The van der Waals surface area contributed by atoms with Gasteiger partial charge in [0.15, 0.2) is 17.8 Å². The second kappa shape index (κ2) is 47.5. The second-order valence-electron chi connectivity index (χ2n) is 37.1. The summed E-state index contributed by atoms with van der Waals surface area (Å²) in [4.78, 5) is 130. The number of ether oxygens (including phenoxy) is 5. The van der Waals surface area contributed by atoms with Gasteiger partial charge in [-0.1, -0.05) is 89.2 Å². The summed E-state index contributed by atoms with van der Waals surface area (Å²) < 4.78 is 37.0. The van der Waals surface area contributed by atoms with E-state index in [0.29, 0.717) is 168 Å². The van der Waals surface area contributed by atoms with Gasteiger partial charge in [-0.15, -0.1) is 0 Å².